The fraction of sp³-hybridized carbons (Fsp3) is 0.0588. The zero-order valence-electron chi connectivity index (χ0n) is 12.8. The lowest BCUT2D eigenvalue weighted by molar-refractivity contribution is 0.315. The summed E-state index contributed by atoms with van der Waals surface area (Å²) in [6, 6.07) is 11.3. The summed E-state index contributed by atoms with van der Waals surface area (Å²) < 4.78 is 9.82. The molecule has 0 aliphatic carbocycles. The van der Waals surface area contributed by atoms with Crippen LogP contribution in [0.25, 0.3) is 33.3 Å². The smallest absolute Gasteiger partial charge is 0.212 e. The molecular weight excluding hydrogens is 306 g/mol. The van der Waals surface area contributed by atoms with E-state index in [0.29, 0.717) is 22.7 Å². The van der Waals surface area contributed by atoms with Gasteiger partial charge < -0.3 is 10.5 Å². The Morgan fingerprint density at radius 3 is 2.46 bits per heavy atom. The number of fused-ring (bicyclic) bond motifs is 1. The molecule has 0 radical (unpaired) electrons. The zero-order valence-corrected chi connectivity index (χ0v) is 12.8. The summed E-state index contributed by atoms with van der Waals surface area (Å²) in [5.74, 6) is 0.986. The summed E-state index contributed by atoms with van der Waals surface area (Å²) >= 11 is 0. The second-order valence-corrected chi connectivity index (χ2v) is 5.21. The van der Waals surface area contributed by atoms with E-state index in [2.05, 4.69) is 20.3 Å². The maximum absolute atomic E-state index is 6.04. The Hall–Kier alpha value is -3.48. The van der Waals surface area contributed by atoms with Gasteiger partial charge in [0.15, 0.2) is 0 Å². The molecule has 4 aromatic rings. The monoisotopic (exact) mass is 319 g/mol. The normalized spacial score (nSPS) is 10.9. The van der Waals surface area contributed by atoms with E-state index < -0.39 is 0 Å². The summed E-state index contributed by atoms with van der Waals surface area (Å²) in [5.41, 5.74) is 11.0. The van der Waals surface area contributed by atoms with Crippen LogP contribution in [0.4, 0.5) is 5.82 Å². The number of ether oxygens (including phenoxy) is 1. The fourth-order valence-electron chi connectivity index (χ4n) is 2.49. The molecule has 3 heterocycles. The van der Waals surface area contributed by atoms with Gasteiger partial charge in [0.05, 0.1) is 7.11 Å². The molecule has 7 heteroatoms. The number of benzene rings is 1. The van der Waals surface area contributed by atoms with Crippen molar-refractivity contribution in [2.24, 2.45) is 0 Å². The van der Waals surface area contributed by atoms with Gasteiger partial charge in [0.25, 0.3) is 0 Å². The molecule has 7 nitrogen and oxygen atoms in total. The minimum Gasteiger partial charge on any atom is -0.481 e. The van der Waals surface area contributed by atoms with Crippen LogP contribution in [0.2, 0.25) is 0 Å². The molecule has 0 spiro atoms. The van der Waals surface area contributed by atoms with E-state index in [1.165, 1.54) is 0 Å². The van der Waals surface area contributed by atoms with Crippen LogP contribution in [0.15, 0.2) is 53.4 Å². The van der Waals surface area contributed by atoms with Crippen LogP contribution >= 0.6 is 0 Å². The average molecular weight is 319 g/mol. The number of anilines is 1. The first-order valence-electron chi connectivity index (χ1n) is 7.23. The first-order chi connectivity index (χ1) is 11.7. The standard InChI is InChI=1S/C17H13N5O2/c1-23-16-5-3-11(8-19-16)13-6-12(9-20-17(13)18)10-2-4-14-15(7-10)22-24-21-14/h2-9H,1H3,(H2,18,20). The molecule has 0 bridgehead atoms. The quantitative estimate of drug-likeness (QED) is 0.619. The van der Waals surface area contributed by atoms with Gasteiger partial charge >= 0.3 is 0 Å². The third-order valence-electron chi connectivity index (χ3n) is 3.76. The van der Waals surface area contributed by atoms with Crippen molar-refractivity contribution in [2.45, 2.75) is 0 Å². The predicted molar refractivity (Wildman–Crippen MR) is 89.2 cm³/mol. The van der Waals surface area contributed by atoms with Crippen molar-refractivity contribution in [3.63, 3.8) is 0 Å². The van der Waals surface area contributed by atoms with Gasteiger partial charge in [0.1, 0.15) is 16.9 Å². The lowest BCUT2D eigenvalue weighted by atomic mass is 10.0. The molecule has 0 unspecified atom stereocenters. The summed E-state index contributed by atoms with van der Waals surface area (Å²) in [5, 5.41) is 7.67. The Kier molecular flexibility index (Phi) is 3.31. The van der Waals surface area contributed by atoms with Crippen molar-refractivity contribution >= 4 is 16.9 Å². The van der Waals surface area contributed by atoms with E-state index in [1.54, 1.807) is 25.6 Å². The second-order valence-electron chi connectivity index (χ2n) is 5.21. The number of pyridine rings is 2. The number of rotatable bonds is 3. The topological polar surface area (TPSA) is 100.0 Å². The van der Waals surface area contributed by atoms with E-state index in [1.807, 2.05) is 30.3 Å². The van der Waals surface area contributed by atoms with E-state index in [-0.39, 0.29) is 0 Å². The van der Waals surface area contributed by atoms with E-state index in [9.17, 15) is 0 Å². The van der Waals surface area contributed by atoms with Gasteiger partial charge in [-0.3, -0.25) is 0 Å². The van der Waals surface area contributed by atoms with Crippen LogP contribution in [0.3, 0.4) is 0 Å². The molecule has 0 saturated heterocycles. The molecule has 0 atom stereocenters. The number of hydrogen-bond donors (Lipinski definition) is 1. The van der Waals surface area contributed by atoms with Crippen molar-refractivity contribution in [2.75, 3.05) is 12.8 Å². The van der Waals surface area contributed by atoms with Crippen LogP contribution in [0.1, 0.15) is 0 Å². The van der Waals surface area contributed by atoms with Crippen LogP contribution in [-0.4, -0.2) is 27.4 Å². The highest BCUT2D eigenvalue weighted by Crippen LogP contribution is 2.30. The maximum Gasteiger partial charge on any atom is 0.212 e. The van der Waals surface area contributed by atoms with Gasteiger partial charge in [-0.05, 0) is 40.1 Å². The van der Waals surface area contributed by atoms with Gasteiger partial charge in [-0.15, -0.1) is 0 Å². The minimum absolute atomic E-state index is 0.440. The second kappa shape index (κ2) is 5.62. The number of methoxy groups -OCH3 is 1. The third-order valence-corrected chi connectivity index (χ3v) is 3.76. The van der Waals surface area contributed by atoms with Crippen LogP contribution in [-0.2, 0) is 0 Å². The average Bonchev–Trinajstić information content (AvgIpc) is 3.10. The van der Waals surface area contributed by atoms with Crippen LogP contribution in [0, 0.1) is 0 Å². The van der Waals surface area contributed by atoms with Gasteiger partial charge in [-0.25, -0.2) is 14.6 Å². The van der Waals surface area contributed by atoms with Crippen molar-refractivity contribution in [1.29, 1.82) is 0 Å². The van der Waals surface area contributed by atoms with Crippen molar-refractivity contribution in [3.05, 3.63) is 48.8 Å². The minimum atomic E-state index is 0.440. The Bertz CT molecular complexity index is 1010. The SMILES string of the molecule is COc1ccc(-c2cc(-c3ccc4nonc4c3)cnc2N)cn1. The first-order valence-corrected chi connectivity index (χ1v) is 7.23. The molecule has 24 heavy (non-hydrogen) atoms. The van der Waals surface area contributed by atoms with Gasteiger partial charge in [0.2, 0.25) is 5.88 Å². The van der Waals surface area contributed by atoms with Crippen molar-refractivity contribution in [1.82, 2.24) is 20.3 Å². The predicted octanol–water partition coefficient (Wildman–Crippen LogP) is 2.94. The third kappa shape index (κ3) is 2.41. The van der Waals surface area contributed by atoms with Crippen molar-refractivity contribution in [3.8, 4) is 28.1 Å². The molecular formula is C17H13N5O2. The Morgan fingerprint density at radius 2 is 1.67 bits per heavy atom. The largest absolute Gasteiger partial charge is 0.481 e. The molecule has 118 valence electrons. The lowest BCUT2D eigenvalue weighted by Gasteiger charge is -2.09. The Labute approximate surface area is 137 Å². The zero-order chi connectivity index (χ0) is 16.5. The highest BCUT2D eigenvalue weighted by Gasteiger charge is 2.09. The van der Waals surface area contributed by atoms with E-state index >= 15 is 0 Å². The summed E-state index contributed by atoms with van der Waals surface area (Å²) in [6.45, 7) is 0. The molecule has 0 aliphatic heterocycles. The first kappa shape index (κ1) is 14.1. The highest BCUT2D eigenvalue weighted by molar-refractivity contribution is 5.83. The lowest BCUT2D eigenvalue weighted by Crippen LogP contribution is -1.96. The van der Waals surface area contributed by atoms with Crippen LogP contribution < -0.4 is 10.5 Å². The van der Waals surface area contributed by atoms with Gasteiger partial charge in [0, 0.05) is 35.2 Å². The summed E-state index contributed by atoms with van der Waals surface area (Å²) in [4.78, 5) is 8.52. The number of aromatic nitrogens is 4. The summed E-state index contributed by atoms with van der Waals surface area (Å²) in [6.07, 6.45) is 3.44. The van der Waals surface area contributed by atoms with Gasteiger partial charge in [-0.2, -0.15) is 0 Å². The molecule has 2 N–H and O–H groups in total. The van der Waals surface area contributed by atoms with Crippen LogP contribution in [0.5, 0.6) is 5.88 Å². The number of nitrogens with zero attached hydrogens (tertiary/aromatic N) is 4. The highest BCUT2D eigenvalue weighted by atomic mass is 16.6. The van der Waals surface area contributed by atoms with E-state index in [0.717, 1.165) is 22.3 Å². The molecule has 3 aromatic heterocycles. The Morgan fingerprint density at radius 1 is 0.875 bits per heavy atom. The number of hydrogen-bond acceptors (Lipinski definition) is 7. The molecule has 0 saturated carbocycles. The maximum atomic E-state index is 6.04. The molecule has 1 aromatic carbocycles. The number of nitrogens with two attached hydrogens (primary N) is 1. The molecule has 0 aliphatic rings. The number of nitrogen functional groups attached to an aromatic ring is 1. The molecule has 0 amide bonds. The van der Waals surface area contributed by atoms with E-state index in [4.69, 9.17) is 15.1 Å². The Balaban J connectivity index is 1.79. The molecule has 0 fully saturated rings. The fourth-order valence-corrected chi connectivity index (χ4v) is 2.49. The van der Waals surface area contributed by atoms with Crippen molar-refractivity contribution < 1.29 is 9.37 Å². The van der Waals surface area contributed by atoms with Gasteiger partial charge in [-0.1, -0.05) is 6.07 Å². The molecule has 4 rings (SSSR count). The summed E-state index contributed by atoms with van der Waals surface area (Å²) in [7, 11) is 1.58.